The monoisotopic (exact) mass is 254 g/mol. The highest BCUT2D eigenvalue weighted by molar-refractivity contribution is 7.99. The smallest absolute Gasteiger partial charge is 0.0546 e. The van der Waals surface area contributed by atoms with Gasteiger partial charge in [-0.1, -0.05) is 53.2 Å². The average Bonchev–Trinajstić information content (AvgIpc) is 2.25. The fourth-order valence-electron chi connectivity index (χ4n) is 1.17. The molecule has 0 radical (unpaired) electrons. The molecule has 3 heteroatoms. The molecule has 0 aliphatic rings. The SMILES string of the molecule is Clc1ccc(Cl)c(Sc2ccccc2)c1. The summed E-state index contributed by atoms with van der Waals surface area (Å²) in [6.07, 6.45) is 0. The number of halogens is 2. The molecule has 0 bridgehead atoms. The normalized spacial score (nSPS) is 10.3. The van der Waals surface area contributed by atoms with E-state index in [4.69, 9.17) is 23.2 Å². The summed E-state index contributed by atoms with van der Waals surface area (Å²) < 4.78 is 0. The summed E-state index contributed by atoms with van der Waals surface area (Å²) in [5.74, 6) is 0. The Kier molecular flexibility index (Phi) is 3.57. The van der Waals surface area contributed by atoms with Crippen LogP contribution in [0.1, 0.15) is 0 Å². The molecule has 0 aliphatic carbocycles. The van der Waals surface area contributed by atoms with Crippen molar-refractivity contribution in [3.63, 3.8) is 0 Å². The van der Waals surface area contributed by atoms with Gasteiger partial charge >= 0.3 is 0 Å². The van der Waals surface area contributed by atoms with E-state index in [9.17, 15) is 0 Å². The Morgan fingerprint density at radius 2 is 1.60 bits per heavy atom. The van der Waals surface area contributed by atoms with Crippen molar-refractivity contribution in [2.75, 3.05) is 0 Å². The van der Waals surface area contributed by atoms with E-state index in [1.807, 2.05) is 42.5 Å². The van der Waals surface area contributed by atoms with Crippen LogP contribution in [0.25, 0.3) is 0 Å². The first kappa shape index (κ1) is 10.9. The van der Waals surface area contributed by atoms with Crippen LogP contribution < -0.4 is 0 Å². The molecular formula is C12H8Cl2S. The Morgan fingerprint density at radius 1 is 0.867 bits per heavy atom. The van der Waals surface area contributed by atoms with Crippen LogP contribution >= 0.6 is 35.0 Å². The van der Waals surface area contributed by atoms with Gasteiger partial charge in [-0.15, -0.1) is 0 Å². The third-order valence-corrected chi connectivity index (χ3v) is 3.61. The van der Waals surface area contributed by atoms with Crippen molar-refractivity contribution in [3.05, 3.63) is 58.6 Å². The minimum atomic E-state index is 0.706. The van der Waals surface area contributed by atoms with E-state index in [1.165, 1.54) is 0 Å². The van der Waals surface area contributed by atoms with Gasteiger partial charge in [0, 0.05) is 14.8 Å². The average molecular weight is 255 g/mol. The fraction of sp³-hybridized carbons (Fsp3) is 0. The van der Waals surface area contributed by atoms with Crippen LogP contribution in [0, 0.1) is 0 Å². The zero-order valence-electron chi connectivity index (χ0n) is 7.78. The quantitative estimate of drug-likeness (QED) is 0.715. The Morgan fingerprint density at radius 3 is 2.33 bits per heavy atom. The second kappa shape index (κ2) is 4.93. The maximum atomic E-state index is 6.07. The van der Waals surface area contributed by atoms with Crippen LogP contribution in [0.2, 0.25) is 10.0 Å². The van der Waals surface area contributed by atoms with Crippen LogP contribution in [-0.2, 0) is 0 Å². The molecular weight excluding hydrogens is 247 g/mol. The highest BCUT2D eigenvalue weighted by Crippen LogP contribution is 2.34. The van der Waals surface area contributed by atoms with Gasteiger partial charge in [-0.05, 0) is 30.3 Å². The predicted molar refractivity (Wildman–Crippen MR) is 67.0 cm³/mol. The molecule has 0 spiro atoms. The van der Waals surface area contributed by atoms with Crippen molar-refractivity contribution in [1.29, 1.82) is 0 Å². The largest absolute Gasteiger partial charge is 0.0885 e. The molecule has 0 unspecified atom stereocenters. The van der Waals surface area contributed by atoms with Gasteiger partial charge in [0.2, 0.25) is 0 Å². The second-order valence-corrected chi connectivity index (χ2v) is 4.95. The summed E-state index contributed by atoms with van der Waals surface area (Å²) in [5.41, 5.74) is 0. The Hall–Kier alpha value is -0.630. The van der Waals surface area contributed by atoms with Crippen LogP contribution in [0.3, 0.4) is 0 Å². The summed E-state index contributed by atoms with van der Waals surface area (Å²) in [6.45, 7) is 0. The zero-order chi connectivity index (χ0) is 10.7. The Bertz CT molecular complexity index is 454. The molecule has 0 aromatic heterocycles. The number of hydrogen-bond donors (Lipinski definition) is 0. The van der Waals surface area contributed by atoms with Crippen LogP contribution in [0.4, 0.5) is 0 Å². The Labute approximate surface area is 103 Å². The predicted octanol–water partition coefficient (Wildman–Crippen LogP) is 5.14. The summed E-state index contributed by atoms with van der Waals surface area (Å²) >= 11 is 13.6. The first-order valence-corrected chi connectivity index (χ1v) is 6.01. The zero-order valence-corrected chi connectivity index (χ0v) is 10.1. The molecule has 0 aliphatic heterocycles. The number of rotatable bonds is 2. The highest BCUT2D eigenvalue weighted by Gasteiger charge is 2.02. The van der Waals surface area contributed by atoms with Crippen LogP contribution in [0.15, 0.2) is 58.3 Å². The Balaban J connectivity index is 2.28. The standard InChI is InChI=1S/C12H8Cl2S/c13-9-6-7-11(14)12(8-9)15-10-4-2-1-3-5-10/h1-8H. The molecule has 0 atom stereocenters. The minimum absolute atomic E-state index is 0.706. The van der Waals surface area contributed by atoms with Crippen LogP contribution in [0.5, 0.6) is 0 Å². The molecule has 0 nitrogen and oxygen atoms in total. The van der Waals surface area contributed by atoms with Gasteiger partial charge in [0.15, 0.2) is 0 Å². The van der Waals surface area contributed by atoms with E-state index in [0.29, 0.717) is 5.02 Å². The lowest BCUT2D eigenvalue weighted by Crippen LogP contribution is -1.75. The van der Waals surface area contributed by atoms with Gasteiger partial charge in [0.05, 0.1) is 5.02 Å². The maximum absolute atomic E-state index is 6.07. The summed E-state index contributed by atoms with van der Waals surface area (Å²) in [7, 11) is 0. The van der Waals surface area contributed by atoms with Crippen molar-refractivity contribution in [1.82, 2.24) is 0 Å². The third-order valence-electron chi connectivity index (χ3n) is 1.86. The number of benzene rings is 2. The van der Waals surface area contributed by atoms with Crippen molar-refractivity contribution in [2.45, 2.75) is 9.79 Å². The summed E-state index contributed by atoms with van der Waals surface area (Å²) in [4.78, 5) is 2.14. The first-order chi connectivity index (χ1) is 7.25. The fourth-order valence-corrected chi connectivity index (χ4v) is 2.54. The molecule has 0 amide bonds. The van der Waals surface area contributed by atoms with Gasteiger partial charge in [0.25, 0.3) is 0 Å². The van der Waals surface area contributed by atoms with E-state index >= 15 is 0 Å². The molecule has 2 aromatic carbocycles. The summed E-state index contributed by atoms with van der Waals surface area (Å²) in [6, 6.07) is 15.6. The van der Waals surface area contributed by atoms with Crippen molar-refractivity contribution in [3.8, 4) is 0 Å². The van der Waals surface area contributed by atoms with Crippen molar-refractivity contribution < 1.29 is 0 Å². The van der Waals surface area contributed by atoms with Gasteiger partial charge in [-0.2, -0.15) is 0 Å². The highest BCUT2D eigenvalue weighted by atomic mass is 35.5. The lowest BCUT2D eigenvalue weighted by Gasteiger charge is -2.04. The van der Waals surface area contributed by atoms with Gasteiger partial charge in [-0.25, -0.2) is 0 Å². The van der Waals surface area contributed by atoms with E-state index in [0.717, 1.165) is 14.8 Å². The second-order valence-electron chi connectivity index (χ2n) is 2.99. The molecule has 0 N–H and O–H groups in total. The molecule has 0 saturated heterocycles. The molecule has 2 aromatic rings. The van der Waals surface area contributed by atoms with E-state index < -0.39 is 0 Å². The van der Waals surface area contributed by atoms with E-state index in [1.54, 1.807) is 17.8 Å². The van der Waals surface area contributed by atoms with Gasteiger partial charge in [-0.3, -0.25) is 0 Å². The van der Waals surface area contributed by atoms with E-state index in [-0.39, 0.29) is 0 Å². The molecule has 76 valence electrons. The molecule has 0 fully saturated rings. The lowest BCUT2D eigenvalue weighted by atomic mass is 10.4. The maximum Gasteiger partial charge on any atom is 0.0546 e. The van der Waals surface area contributed by atoms with Gasteiger partial charge < -0.3 is 0 Å². The lowest BCUT2D eigenvalue weighted by molar-refractivity contribution is 1.41. The molecule has 2 rings (SSSR count). The molecule has 0 saturated carbocycles. The molecule has 15 heavy (non-hydrogen) atoms. The van der Waals surface area contributed by atoms with Crippen molar-refractivity contribution >= 4 is 35.0 Å². The van der Waals surface area contributed by atoms with E-state index in [2.05, 4.69) is 0 Å². The topological polar surface area (TPSA) is 0 Å². The van der Waals surface area contributed by atoms with Gasteiger partial charge in [0.1, 0.15) is 0 Å². The minimum Gasteiger partial charge on any atom is -0.0885 e. The third kappa shape index (κ3) is 2.91. The van der Waals surface area contributed by atoms with Crippen LogP contribution in [-0.4, -0.2) is 0 Å². The van der Waals surface area contributed by atoms with Crippen molar-refractivity contribution in [2.24, 2.45) is 0 Å². The summed E-state index contributed by atoms with van der Waals surface area (Å²) in [5, 5.41) is 1.44. The molecule has 0 heterocycles. The number of hydrogen-bond acceptors (Lipinski definition) is 1. The first-order valence-electron chi connectivity index (χ1n) is 4.43.